The molecule has 2 aromatic heterocycles. The number of rotatable bonds is 6. The second kappa shape index (κ2) is 7.56. The summed E-state index contributed by atoms with van der Waals surface area (Å²) in [5, 5.41) is 0. The van der Waals surface area contributed by atoms with Gasteiger partial charge < -0.3 is 18.8 Å². The minimum absolute atomic E-state index is 0.591. The minimum atomic E-state index is 0.591. The van der Waals surface area contributed by atoms with E-state index in [-0.39, 0.29) is 0 Å². The third kappa shape index (κ3) is 3.11. The average molecular weight is 376 g/mol. The summed E-state index contributed by atoms with van der Waals surface area (Å²) in [6.07, 6.45) is 3.31. The summed E-state index contributed by atoms with van der Waals surface area (Å²) >= 11 is 0. The molecule has 7 heteroatoms. The maximum atomic E-state index is 5.58. The van der Waals surface area contributed by atoms with Crippen molar-refractivity contribution in [1.82, 2.24) is 19.5 Å². The fraction of sp³-hybridized carbons (Fsp3) is 0.190. The Labute approximate surface area is 162 Å². The van der Waals surface area contributed by atoms with E-state index in [0.29, 0.717) is 40.6 Å². The Hall–Kier alpha value is -3.61. The van der Waals surface area contributed by atoms with Gasteiger partial charge in [0, 0.05) is 12.1 Å². The molecule has 0 saturated carbocycles. The van der Waals surface area contributed by atoms with Gasteiger partial charge in [0.15, 0.2) is 5.65 Å². The minimum Gasteiger partial charge on any atom is -0.496 e. The fourth-order valence-electron chi connectivity index (χ4n) is 3.20. The van der Waals surface area contributed by atoms with Crippen LogP contribution >= 0.6 is 0 Å². The highest BCUT2D eigenvalue weighted by atomic mass is 16.5. The Bertz CT molecular complexity index is 1080. The molecular weight excluding hydrogens is 356 g/mol. The van der Waals surface area contributed by atoms with Gasteiger partial charge in [0.1, 0.15) is 34.8 Å². The van der Waals surface area contributed by atoms with Crippen LogP contribution in [-0.2, 0) is 6.54 Å². The maximum absolute atomic E-state index is 5.58. The smallest absolute Gasteiger partial charge is 0.164 e. The summed E-state index contributed by atoms with van der Waals surface area (Å²) in [5.41, 5.74) is 3.95. The molecule has 7 nitrogen and oxygen atoms in total. The monoisotopic (exact) mass is 376 g/mol. The summed E-state index contributed by atoms with van der Waals surface area (Å²) in [5.74, 6) is 1.82. The van der Waals surface area contributed by atoms with E-state index < -0.39 is 0 Å². The molecule has 0 radical (unpaired) electrons. The first kappa shape index (κ1) is 17.8. The van der Waals surface area contributed by atoms with Crippen LogP contribution in [0.4, 0.5) is 0 Å². The molecule has 0 fully saturated rings. The molecule has 0 atom stereocenters. The SMILES string of the molecule is COc1cc(OC)c(-c2ncnc3c2ncn3Cc2ccccc2)c(OC)c1. The van der Waals surface area contributed by atoms with Crippen LogP contribution in [0.15, 0.2) is 55.1 Å². The molecular formula is C21H20N4O3. The van der Waals surface area contributed by atoms with Gasteiger partial charge in [0.2, 0.25) is 0 Å². The van der Waals surface area contributed by atoms with Crippen LogP contribution in [0.5, 0.6) is 17.2 Å². The molecule has 0 unspecified atom stereocenters. The van der Waals surface area contributed by atoms with Crippen molar-refractivity contribution >= 4 is 11.2 Å². The number of benzene rings is 2. The molecule has 0 aliphatic carbocycles. The van der Waals surface area contributed by atoms with E-state index in [0.717, 1.165) is 5.65 Å². The highest BCUT2D eigenvalue weighted by Gasteiger charge is 2.21. The molecule has 4 aromatic rings. The number of nitrogens with zero attached hydrogens (tertiary/aromatic N) is 4. The van der Waals surface area contributed by atoms with Gasteiger partial charge in [-0.2, -0.15) is 0 Å². The highest BCUT2D eigenvalue weighted by molar-refractivity contribution is 5.92. The van der Waals surface area contributed by atoms with E-state index in [9.17, 15) is 0 Å². The molecule has 28 heavy (non-hydrogen) atoms. The van der Waals surface area contributed by atoms with Gasteiger partial charge >= 0.3 is 0 Å². The van der Waals surface area contributed by atoms with E-state index >= 15 is 0 Å². The van der Waals surface area contributed by atoms with Gasteiger partial charge in [0.25, 0.3) is 0 Å². The maximum Gasteiger partial charge on any atom is 0.164 e. The summed E-state index contributed by atoms with van der Waals surface area (Å²) in [6.45, 7) is 0.671. The van der Waals surface area contributed by atoms with Crippen molar-refractivity contribution < 1.29 is 14.2 Å². The second-order valence-corrected chi connectivity index (χ2v) is 6.16. The number of hydrogen-bond acceptors (Lipinski definition) is 6. The summed E-state index contributed by atoms with van der Waals surface area (Å²) < 4.78 is 18.5. The predicted octanol–water partition coefficient (Wildman–Crippen LogP) is 3.57. The zero-order valence-electron chi connectivity index (χ0n) is 15.9. The largest absolute Gasteiger partial charge is 0.496 e. The number of fused-ring (bicyclic) bond motifs is 1. The van der Waals surface area contributed by atoms with Crippen molar-refractivity contribution in [3.8, 4) is 28.5 Å². The van der Waals surface area contributed by atoms with E-state index in [1.54, 1.807) is 39.8 Å². The summed E-state index contributed by atoms with van der Waals surface area (Å²) in [4.78, 5) is 13.5. The Balaban J connectivity index is 1.87. The summed E-state index contributed by atoms with van der Waals surface area (Å²) in [6, 6.07) is 13.8. The first-order chi connectivity index (χ1) is 13.7. The first-order valence-corrected chi connectivity index (χ1v) is 8.75. The third-order valence-corrected chi connectivity index (χ3v) is 4.55. The third-order valence-electron chi connectivity index (χ3n) is 4.55. The lowest BCUT2D eigenvalue weighted by Crippen LogP contribution is -2.01. The lowest BCUT2D eigenvalue weighted by Gasteiger charge is -2.14. The van der Waals surface area contributed by atoms with Crippen LogP contribution in [0.3, 0.4) is 0 Å². The van der Waals surface area contributed by atoms with Crippen molar-refractivity contribution in [2.45, 2.75) is 6.54 Å². The zero-order valence-corrected chi connectivity index (χ0v) is 15.9. The van der Waals surface area contributed by atoms with Crippen molar-refractivity contribution in [2.24, 2.45) is 0 Å². The standard InChI is InChI=1S/C21H20N4O3/c1-26-15-9-16(27-2)18(17(10-15)28-3)19-20-21(23-12-22-19)25(13-24-20)11-14-7-5-4-6-8-14/h4-10,12-13H,11H2,1-3H3. The lowest BCUT2D eigenvalue weighted by molar-refractivity contribution is 0.377. The van der Waals surface area contributed by atoms with Gasteiger partial charge in [-0.05, 0) is 5.56 Å². The van der Waals surface area contributed by atoms with Crippen LogP contribution < -0.4 is 14.2 Å². The lowest BCUT2D eigenvalue weighted by atomic mass is 10.1. The van der Waals surface area contributed by atoms with E-state index in [1.165, 1.54) is 11.9 Å². The molecule has 0 N–H and O–H groups in total. The van der Waals surface area contributed by atoms with Crippen LogP contribution in [0.1, 0.15) is 5.56 Å². The number of aromatic nitrogens is 4. The Morgan fingerprint density at radius 1 is 0.857 bits per heavy atom. The van der Waals surface area contributed by atoms with Gasteiger partial charge in [0.05, 0.1) is 39.8 Å². The predicted molar refractivity (Wildman–Crippen MR) is 106 cm³/mol. The molecule has 0 aliphatic rings. The first-order valence-electron chi connectivity index (χ1n) is 8.75. The number of hydrogen-bond donors (Lipinski definition) is 0. The Morgan fingerprint density at radius 2 is 1.57 bits per heavy atom. The fourth-order valence-corrected chi connectivity index (χ4v) is 3.20. The van der Waals surface area contributed by atoms with Crippen molar-refractivity contribution in [3.05, 3.63) is 60.7 Å². The van der Waals surface area contributed by atoms with Gasteiger partial charge in [-0.3, -0.25) is 0 Å². The molecule has 0 aliphatic heterocycles. The molecule has 2 heterocycles. The highest BCUT2D eigenvalue weighted by Crippen LogP contribution is 2.42. The second-order valence-electron chi connectivity index (χ2n) is 6.16. The molecule has 4 rings (SSSR count). The normalized spacial score (nSPS) is 10.8. The summed E-state index contributed by atoms with van der Waals surface area (Å²) in [7, 11) is 4.80. The molecule has 2 aromatic carbocycles. The Kier molecular flexibility index (Phi) is 4.80. The van der Waals surface area contributed by atoms with Crippen molar-refractivity contribution in [2.75, 3.05) is 21.3 Å². The van der Waals surface area contributed by atoms with Crippen LogP contribution in [0, 0.1) is 0 Å². The number of ether oxygens (including phenoxy) is 3. The van der Waals surface area contributed by atoms with Crippen LogP contribution in [-0.4, -0.2) is 40.8 Å². The zero-order chi connectivity index (χ0) is 19.5. The average Bonchev–Trinajstić information content (AvgIpc) is 3.16. The molecule has 0 saturated heterocycles. The van der Waals surface area contributed by atoms with Crippen molar-refractivity contribution in [1.29, 1.82) is 0 Å². The molecule has 142 valence electrons. The molecule has 0 spiro atoms. The topological polar surface area (TPSA) is 71.3 Å². The van der Waals surface area contributed by atoms with E-state index in [1.807, 2.05) is 22.8 Å². The van der Waals surface area contributed by atoms with Gasteiger partial charge in [-0.1, -0.05) is 30.3 Å². The van der Waals surface area contributed by atoms with Crippen LogP contribution in [0.2, 0.25) is 0 Å². The van der Waals surface area contributed by atoms with Crippen molar-refractivity contribution in [3.63, 3.8) is 0 Å². The van der Waals surface area contributed by atoms with Gasteiger partial charge in [-0.25, -0.2) is 15.0 Å². The molecule has 0 amide bonds. The number of imidazole rings is 1. The van der Waals surface area contributed by atoms with Crippen LogP contribution in [0.25, 0.3) is 22.4 Å². The van der Waals surface area contributed by atoms with E-state index in [4.69, 9.17) is 14.2 Å². The quantitative estimate of drug-likeness (QED) is 0.512. The number of methoxy groups -OCH3 is 3. The Morgan fingerprint density at radius 3 is 2.21 bits per heavy atom. The van der Waals surface area contributed by atoms with E-state index in [2.05, 4.69) is 27.1 Å². The molecule has 0 bridgehead atoms. The van der Waals surface area contributed by atoms with Gasteiger partial charge in [-0.15, -0.1) is 0 Å².